The quantitative estimate of drug-likeness (QED) is 0.312. The Morgan fingerprint density at radius 3 is 2.34 bits per heavy atom. The minimum atomic E-state index is 0.443. The summed E-state index contributed by atoms with van der Waals surface area (Å²) in [6.45, 7) is 5.18. The molecule has 182 valence electrons. The number of benzene rings is 2. The Bertz CT molecular complexity index is 1330. The van der Waals surface area contributed by atoms with E-state index in [1.807, 2.05) is 77.9 Å². The third-order valence-electron chi connectivity index (χ3n) is 5.54. The van der Waals surface area contributed by atoms with Crippen LogP contribution in [0.4, 0.5) is 11.5 Å². The van der Waals surface area contributed by atoms with Gasteiger partial charge in [-0.05, 0) is 61.5 Å². The summed E-state index contributed by atoms with van der Waals surface area (Å²) < 4.78 is 14.5. The zero-order chi connectivity index (χ0) is 24.9. The van der Waals surface area contributed by atoms with E-state index < -0.39 is 0 Å². The molecule has 35 heavy (non-hydrogen) atoms. The first-order valence-electron chi connectivity index (χ1n) is 11.0. The number of thiocarbonyl (C=S) groups is 1. The number of nitrogens with one attached hydrogen (secondary N) is 2. The molecule has 0 bridgehead atoms. The molecule has 0 aliphatic rings. The van der Waals surface area contributed by atoms with Gasteiger partial charge in [-0.1, -0.05) is 29.8 Å². The zero-order valence-corrected chi connectivity index (χ0v) is 21.6. The van der Waals surface area contributed by atoms with Crippen LogP contribution in [0.5, 0.6) is 11.5 Å². The molecule has 4 rings (SSSR count). The van der Waals surface area contributed by atoms with Crippen LogP contribution in [0.15, 0.2) is 54.7 Å². The Morgan fingerprint density at radius 2 is 1.63 bits per heavy atom. The smallest absolute Gasteiger partial charge is 0.176 e. The molecule has 0 fully saturated rings. The number of hydrogen-bond donors (Lipinski definition) is 2. The van der Waals surface area contributed by atoms with E-state index in [9.17, 15) is 0 Å². The first kappa shape index (κ1) is 24.6. The second kappa shape index (κ2) is 10.8. The van der Waals surface area contributed by atoms with Gasteiger partial charge >= 0.3 is 0 Å². The minimum absolute atomic E-state index is 0.443. The lowest BCUT2D eigenvalue weighted by molar-refractivity contribution is 0.354. The molecule has 0 saturated heterocycles. The fourth-order valence-corrected chi connectivity index (χ4v) is 4.07. The summed E-state index contributed by atoms with van der Waals surface area (Å²) in [5, 5.41) is 16.8. The maximum atomic E-state index is 5.96. The average Bonchev–Trinajstić information content (AvgIpc) is 3.39. The van der Waals surface area contributed by atoms with Crippen LogP contribution in [0.1, 0.15) is 22.5 Å². The lowest BCUT2D eigenvalue weighted by Gasteiger charge is -2.11. The number of halogens is 1. The van der Waals surface area contributed by atoms with Crippen LogP contribution >= 0.6 is 23.8 Å². The summed E-state index contributed by atoms with van der Waals surface area (Å²) in [6, 6.07) is 15.4. The predicted molar refractivity (Wildman–Crippen MR) is 143 cm³/mol. The molecule has 0 saturated carbocycles. The Labute approximate surface area is 214 Å². The van der Waals surface area contributed by atoms with E-state index in [1.165, 1.54) is 0 Å². The molecule has 10 heteroatoms. The van der Waals surface area contributed by atoms with Gasteiger partial charge in [-0.25, -0.2) is 0 Å². The largest absolute Gasteiger partial charge is 0.493 e. The van der Waals surface area contributed by atoms with Gasteiger partial charge in [0.25, 0.3) is 0 Å². The van der Waals surface area contributed by atoms with Crippen molar-refractivity contribution in [3.63, 3.8) is 0 Å². The summed E-state index contributed by atoms with van der Waals surface area (Å²) in [6.07, 6.45) is 1.90. The maximum Gasteiger partial charge on any atom is 0.176 e. The number of aryl methyl sites for hydroxylation is 1. The fourth-order valence-electron chi connectivity index (χ4n) is 3.74. The van der Waals surface area contributed by atoms with Crippen LogP contribution in [0.3, 0.4) is 0 Å². The van der Waals surface area contributed by atoms with Crippen molar-refractivity contribution < 1.29 is 9.47 Å². The molecule has 2 N–H and O–H groups in total. The van der Waals surface area contributed by atoms with E-state index in [4.69, 9.17) is 33.3 Å². The highest BCUT2D eigenvalue weighted by molar-refractivity contribution is 7.80. The number of nitrogens with zero attached hydrogens (tertiary/aromatic N) is 4. The molecule has 4 aromatic rings. The third kappa shape index (κ3) is 5.93. The summed E-state index contributed by atoms with van der Waals surface area (Å²) >= 11 is 11.5. The number of hydrogen-bond acceptors (Lipinski definition) is 5. The predicted octanol–water partition coefficient (Wildman–Crippen LogP) is 5.27. The fraction of sp³-hybridized carbons (Fsp3) is 0.240. The lowest BCUT2D eigenvalue weighted by atomic mass is 10.2. The van der Waals surface area contributed by atoms with Crippen molar-refractivity contribution in [3.8, 4) is 11.5 Å². The topological polar surface area (TPSA) is 78.2 Å². The summed E-state index contributed by atoms with van der Waals surface area (Å²) in [4.78, 5) is 0. The molecule has 8 nitrogen and oxygen atoms in total. The lowest BCUT2D eigenvalue weighted by Crippen LogP contribution is -2.20. The molecule has 0 aliphatic heterocycles. The third-order valence-corrected chi connectivity index (χ3v) is 6.00. The van der Waals surface area contributed by atoms with Gasteiger partial charge in [0, 0.05) is 17.3 Å². The SMILES string of the molecule is COc1ccc(Cn2nc(C)c(NC(=S)Nc3ccn(Cc4ccc(Cl)cc4)n3)c2C)cc1OC. The molecule has 0 radical (unpaired) electrons. The molecule has 0 amide bonds. The van der Waals surface area contributed by atoms with E-state index in [2.05, 4.69) is 20.8 Å². The molecule has 2 heterocycles. The van der Waals surface area contributed by atoms with Gasteiger partial charge in [0.1, 0.15) is 0 Å². The van der Waals surface area contributed by atoms with E-state index in [0.29, 0.717) is 40.5 Å². The average molecular weight is 511 g/mol. The first-order valence-corrected chi connectivity index (χ1v) is 11.8. The van der Waals surface area contributed by atoms with Crippen molar-refractivity contribution >= 4 is 40.4 Å². The van der Waals surface area contributed by atoms with Crippen LogP contribution in [0.2, 0.25) is 5.02 Å². The summed E-state index contributed by atoms with van der Waals surface area (Å²) in [7, 11) is 3.25. The molecular formula is C25H27ClN6O2S. The van der Waals surface area contributed by atoms with E-state index in [1.54, 1.807) is 14.2 Å². The van der Waals surface area contributed by atoms with Crippen LogP contribution in [0.25, 0.3) is 0 Å². The van der Waals surface area contributed by atoms with Gasteiger partial charge < -0.3 is 20.1 Å². The number of ether oxygens (including phenoxy) is 2. The summed E-state index contributed by atoms with van der Waals surface area (Å²) in [5.74, 6) is 2.04. The standard InChI is InChI=1S/C25H27ClN6O2S/c1-16-24(17(2)32(29-16)15-19-7-10-21(33-3)22(13-19)34-4)28-25(35)27-23-11-12-31(30-23)14-18-5-8-20(26)9-6-18/h5-13H,14-15H2,1-4H3,(H2,27,28,30,35). The van der Waals surface area contributed by atoms with Crippen molar-refractivity contribution in [1.29, 1.82) is 0 Å². The van der Waals surface area contributed by atoms with Gasteiger partial charge in [0.05, 0.1) is 44.4 Å². The van der Waals surface area contributed by atoms with E-state index in [-0.39, 0.29) is 0 Å². The first-order chi connectivity index (χ1) is 16.9. The maximum absolute atomic E-state index is 5.96. The number of methoxy groups -OCH3 is 2. The normalized spacial score (nSPS) is 10.8. The van der Waals surface area contributed by atoms with Gasteiger partial charge in [-0.15, -0.1) is 0 Å². The second-order valence-electron chi connectivity index (χ2n) is 8.00. The Kier molecular flexibility index (Phi) is 7.57. The Morgan fingerprint density at radius 1 is 0.914 bits per heavy atom. The van der Waals surface area contributed by atoms with Gasteiger partial charge in [-0.2, -0.15) is 10.2 Å². The number of anilines is 2. The van der Waals surface area contributed by atoms with Gasteiger partial charge in [0.2, 0.25) is 0 Å². The minimum Gasteiger partial charge on any atom is -0.493 e. The van der Waals surface area contributed by atoms with E-state index >= 15 is 0 Å². The highest BCUT2D eigenvalue weighted by atomic mass is 35.5. The van der Waals surface area contributed by atoms with E-state index in [0.717, 1.165) is 28.2 Å². The van der Waals surface area contributed by atoms with Crippen LogP contribution < -0.4 is 20.1 Å². The van der Waals surface area contributed by atoms with Crippen molar-refractivity contribution in [2.75, 3.05) is 24.9 Å². The molecule has 0 aliphatic carbocycles. The van der Waals surface area contributed by atoms with Gasteiger partial charge in [-0.3, -0.25) is 9.36 Å². The molecule has 2 aromatic heterocycles. The number of rotatable bonds is 8. The van der Waals surface area contributed by atoms with Crippen molar-refractivity contribution in [2.24, 2.45) is 0 Å². The van der Waals surface area contributed by atoms with Crippen molar-refractivity contribution in [1.82, 2.24) is 19.6 Å². The zero-order valence-electron chi connectivity index (χ0n) is 20.0. The van der Waals surface area contributed by atoms with Gasteiger partial charge in [0.15, 0.2) is 22.4 Å². The highest BCUT2D eigenvalue weighted by Gasteiger charge is 2.15. The number of aromatic nitrogens is 4. The Hall–Kier alpha value is -3.56. The highest BCUT2D eigenvalue weighted by Crippen LogP contribution is 2.28. The summed E-state index contributed by atoms with van der Waals surface area (Å²) in [5.41, 5.74) is 4.84. The van der Waals surface area contributed by atoms with Crippen LogP contribution in [-0.4, -0.2) is 38.9 Å². The molecule has 0 spiro atoms. The van der Waals surface area contributed by atoms with Crippen molar-refractivity contribution in [3.05, 3.63) is 82.3 Å². The molecular weight excluding hydrogens is 484 g/mol. The molecule has 0 atom stereocenters. The van der Waals surface area contributed by atoms with Crippen LogP contribution in [0, 0.1) is 13.8 Å². The second-order valence-corrected chi connectivity index (χ2v) is 8.84. The van der Waals surface area contributed by atoms with Crippen LogP contribution in [-0.2, 0) is 13.1 Å². The monoisotopic (exact) mass is 510 g/mol. The molecule has 0 unspecified atom stereocenters. The Balaban J connectivity index is 1.40. The molecule has 2 aromatic carbocycles. The van der Waals surface area contributed by atoms with Crippen molar-refractivity contribution in [2.45, 2.75) is 26.9 Å².